The molecule has 0 amide bonds. The lowest BCUT2D eigenvalue weighted by atomic mass is 10.1. The number of fused-ring (bicyclic) bond motifs is 1. The van der Waals surface area contributed by atoms with Crippen LogP contribution in [-0.2, 0) is 6.54 Å². The fraction of sp³-hybridized carbons (Fsp3) is 0.409. The molecule has 4 nitrogen and oxygen atoms in total. The summed E-state index contributed by atoms with van der Waals surface area (Å²) in [4.78, 5) is 10.1. The van der Waals surface area contributed by atoms with Gasteiger partial charge in [-0.3, -0.25) is 4.90 Å². The normalized spacial score (nSPS) is 16.4. The van der Waals surface area contributed by atoms with Gasteiger partial charge in [0.05, 0.1) is 11.4 Å². The quantitative estimate of drug-likeness (QED) is 0.717. The zero-order valence-electron chi connectivity index (χ0n) is 16.1. The van der Waals surface area contributed by atoms with Crippen LogP contribution < -0.4 is 0 Å². The van der Waals surface area contributed by atoms with Crippen molar-refractivity contribution in [2.45, 2.75) is 27.3 Å². The fourth-order valence-corrected chi connectivity index (χ4v) is 3.82. The summed E-state index contributed by atoms with van der Waals surface area (Å²) in [5.74, 6) is 0. The molecule has 0 aliphatic carbocycles. The lowest BCUT2D eigenvalue weighted by molar-refractivity contribution is 0.131. The van der Waals surface area contributed by atoms with Crippen LogP contribution in [0.4, 0.5) is 0 Å². The second kappa shape index (κ2) is 7.22. The third-order valence-electron chi connectivity index (χ3n) is 5.55. The molecule has 4 rings (SSSR count). The van der Waals surface area contributed by atoms with Crippen molar-refractivity contribution in [2.75, 3.05) is 32.7 Å². The van der Waals surface area contributed by atoms with E-state index in [1.165, 1.54) is 22.4 Å². The van der Waals surface area contributed by atoms with Crippen molar-refractivity contribution >= 4 is 5.65 Å². The average Bonchev–Trinajstić information content (AvgIpc) is 3.03. The van der Waals surface area contributed by atoms with Crippen molar-refractivity contribution in [3.05, 3.63) is 59.4 Å². The highest BCUT2D eigenvalue weighted by Crippen LogP contribution is 2.27. The van der Waals surface area contributed by atoms with Crippen LogP contribution in [0.1, 0.15) is 23.7 Å². The first-order valence-corrected chi connectivity index (χ1v) is 9.64. The molecule has 1 fully saturated rings. The molecule has 0 unspecified atom stereocenters. The molecular formula is C22H28N4. The molecule has 0 bridgehead atoms. The summed E-state index contributed by atoms with van der Waals surface area (Å²) in [6, 6.07) is 13.0. The second-order valence-electron chi connectivity index (χ2n) is 7.37. The monoisotopic (exact) mass is 348 g/mol. The summed E-state index contributed by atoms with van der Waals surface area (Å²) in [6.45, 7) is 13.2. The van der Waals surface area contributed by atoms with E-state index in [-0.39, 0.29) is 0 Å². The number of nitrogens with zero attached hydrogens (tertiary/aromatic N) is 4. The third-order valence-corrected chi connectivity index (χ3v) is 5.55. The Hall–Kier alpha value is -2.17. The topological polar surface area (TPSA) is 23.8 Å². The zero-order chi connectivity index (χ0) is 18.1. The lowest BCUT2D eigenvalue weighted by Crippen LogP contribution is -2.45. The van der Waals surface area contributed by atoms with E-state index in [4.69, 9.17) is 4.98 Å². The number of piperazine rings is 1. The summed E-state index contributed by atoms with van der Waals surface area (Å²) >= 11 is 0. The smallest absolute Gasteiger partial charge is 0.140 e. The number of imidazole rings is 1. The predicted octanol–water partition coefficient (Wildman–Crippen LogP) is 3.76. The van der Waals surface area contributed by atoms with Crippen molar-refractivity contribution in [2.24, 2.45) is 0 Å². The molecule has 0 saturated carbocycles. The van der Waals surface area contributed by atoms with Crippen LogP contribution in [0.15, 0.2) is 42.6 Å². The molecule has 0 radical (unpaired) electrons. The molecule has 0 spiro atoms. The molecule has 3 heterocycles. The maximum atomic E-state index is 5.03. The van der Waals surface area contributed by atoms with E-state index in [1.54, 1.807) is 0 Å². The number of hydrogen-bond donors (Lipinski definition) is 0. The molecule has 1 aromatic carbocycles. The van der Waals surface area contributed by atoms with Gasteiger partial charge in [0.25, 0.3) is 0 Å². The van der Waals surface area contributed by atoms with E-state index in [0.29, 0.717) is 0 Å². The minimum atomic E-state index is 0.950. The molecule has 26 heavy (non-hydrogen) atoms. The van der Waals surface area contributed by atoms with Gasteiger partial charge in [0, 0.05) is 44.5 Å². The van der Waals surface area contributed by atoms with Crippen LogP contribution in [-0.4, -0.2) is 51.9 Å². The largest absolute Gasteiger partial charge is 0.302 e. The molecule has 3 aromatic rings. The Morgan fingerprint density at radius 3 is 2.31 bits per heavy atom. The van der Waals surface area contributed by atoms with Crippen molar-refractivity contribution in [1.82, 2.24) is 19.2 Å². The number of likely N-dealkylation sites (N-methyl/N-ethyl adjacent to an activating group) is 1. The third kappa shape index (κ3) is 3.27. The van der Waals surface area contributed by atoms with Crippen molar-refractivity contribution in [1.29, 1.82) is 0 Å². The van der Waals surface area contributed by atoms with E-state index in [1.807, 2.05) is 0 Å². The van der Waals surface area contributed by atoms with Crippen LogP contribution in [0.3, 0.4) is 0 Å². The summed E-state index contributed by atoms with van der Waals surface area (Å²) in [6.07, 6.45) is 2.16. The Morgan fingerprint density at radius 2 is 1.62 bits per heavy atom. The molecular weight excluding hydrogens is 320 g/mol. The van der Waals surface area contributed by atoms with Crippen LogP contribution in [0.25, 0.3) is 16.9 Å². The van der Waals surface area contributed by atoms with E-state index < -0.39 is 0 Å². The number of benzene rings is 1. The zero-order valence-corrected chi connectivity index (χ0v) is 16.1. The summed E-state index contributed by atoms with van der Waals surface area (Å²) in [5, 5.41) is 0. The summed E-state index contributed by atoms with van der Waals surface area (Å²) < 4.78 is 2.29. The average molecular weight is 348 g/mol. The first-order chi connectivity index (χ1) is 12.7. The lowest BCUT2D eigenvalue weighted by Gasteiger charge is -2.34. The molecule has 136 valence electrons. The van der Waals surface area contributed by atoms with Crippen molar-refractivity contribution in [3.63, 3.8) is 0 Å². The molecule has 0 atom stereocenters. The van der Waals surface area contributed by atoms with Gasteiger partial charge in [-0.1, -0.05) is 42.8 Å². The maximum Gasteiger partial charge on any atom is 0.140 e. The van der Waals surface area contributed by atoms with Crippen molar-refractivity contribution in [3.8, 4) is 11.3 Å². The SMILES string of the molecule is CCN1CCN(Cc2c(-c3ccc(C)cc3)nc3c(C)cccn23)CC1. The number of aromatic nitrogens is 2. The Morgan fingerprint density at radius 1 is 0.923 bits per heavy atom. The first kappa shape index (κ1) is 17.3. The highest BCUT2D eigenvalue weighted by Gasteiger charge is 2.21. The number of rotatable bonds is 4. The van der Waals surface area contributed by atoms with E-state index >= 15 is 0 Å². The van der Waals surface area contributed by atoms with Gasteiger partial charge in [-0.25, -0.2) is 4.98 Å². The summed E-state index contributed by atoms with van der Waals surface area (Å²) in [7, 11) is 0. The van der Waals surface area contributed by atoms with Crippen molar-refractivity contribution < 1.29 is 0 Å². The Balaban J connectivity index is 1.73. The van der Waals surface area contributed by atoms with Crippen LogP contribution in [0.5, 0.6) is 0 Å². The van der Waals surface area contributed by atoms with Gasteiger partial charge in [0.1, 0.15) is 5.65 Å². The minimum Gasteiger partial charge on any atom is -0.302 e. The molecule has 2 aromatic heterocycles. The van der Waals surface area contributed by atoms with Crippen LogP contribution in [0, 0.1) is 13.8 Å². The summed E-state index contributed by atoms with van der Waals surface area (Å²) in [5.41, 5.74) is 7.22. The molecule has 1 aliphatic rings. The molecule has 0 N–H and O–H groups in total. The van der Waals surface area contributed by atoms with E-state index in [2.05, 4.69) is 77.6 Å². The maximum absolute atomic E-state index is 5.03. The number of hydrogen-bond acceptors (Lipinski definition) is 3. The standard InChI is InChI=1S/C22H28N4/c1-4-24-12-14-25(15-13-24)16-20-21(19-9-7-17(2)8-10-19)23-22-18(3)6-5-11-26(20)22/h5-11H,4,12-16H2,1-3H3. The molecule has 4 heteroatoms. The van der Waals surface area contributed by atoms with Crippen LogP contribution in [0.2, 0.25) is 0 Å². The highest BCUT2D eigenvalue weighted by molar-refractivity contribution is 5.68. The van der Waals surface area contributed by atoms with Crippen LogP contribution >= 0.6 is 0 Å². The van der Waals surface area contributed by atoms with Gasteiger partial charge in [0.15, 0.2) is 0 Å². The van der Waals surface area contributed by atoms with Gasteiger partial charge in [-0.05, 0) is 32.0 Å². The second-order valence-corrected chi connectivity index (χ2v) is 7.37. The van der Waals surface area contributed by atoms with E-state index in [9.17, 15) is 0 Å². The Kier molecular flexibility index (Phi) is 4.79. The van der Waals surface area contributed by atoms with Gasteiger partial charge in [-0.15, -0.1) is 0 Å². The highest BCUT2D eigenvalue weighted by atomic mass is 15.3. The van der Waals surface area contributed by atoms with E-state index in [0.717, 1.165) is 50.6 Å². The van der Waals surface area contributed by atoms with Gasteiger partial charge < -0.3 is 9.30 Å². The van der Waals surface area contributed by atoms with Gasteiger partial charge in [0.2, 0.25) is 0 Å². The molecule has 1 saturated heterocycles. The predicted molar refractivity (Wildman–Crippen MR) is 107 cm³/mol. The number of aryl methyl sites for hydroxylation is 2. The fourth-order valence-electron chi connectivity index (χ4n) is 3.82. The first-order valence-electron chi connectivity index (χ1n) is 9.64. The minimum absolute atomic E-state index is 0.950. The molecule has 1 aliphatic heterocycles. The Bertz CT molecular complexity index is 886. The number of pyridine rings is 1. The van der Waals surface area contributed by atoms with Gasteiger partial charge in [-0.2, -0.15) is 0 Å². The van der Waals surface area contributed by atoms with Gasteiger partial charge >= 0.3 is 0 Å². The Labute approximate surface area is 156 Å².